The molecule has 1 aliphatic rings. The summed E-state index contributed by atoms with van der Waals surface area (Å²) in [6.07, 6.45) is 5.72. The number of carbonyl (C=O) groups excluding carboxylic acids is 3. The smallest absolute Gasteiger partial charge is 0.305 e. The summed E-state index contributed by atoms with van der Waals surface area (Å²) in [6.45, 7) is 4.66. The number of amides is 2. The summed E-state index contributed by atoms with van der Waals surface area (Å²) < 4.78 is 4.88. The van der Waals surface area contributed by atoms with Crippen molar-refractivity contribution in [2.24, 2.45) is 0 Å². The number of esters is 1. The maximum absolute atomic E-state index is 12.4. The Hall–Kier alpha value is -2.43. The van der Waals surface area contributed by atoms with Crippen LogP contribution in [-0.4, -0.2) is 35.8 Å². The van der Waals surface area contributed by atoms with Gasteiger partial charge in [0.15, 0.2) is 0 Å². The third kappa shape index (κ3) is 5.83. The lowest BCUT2D eigenvalue weighted by atomic mass is 10.1. The molecule has 1 fully saturated rings. The van der Waals surface area contributed by atoms with Gasteiger partial charge in [-0.05, 0) is 38.3 Å². The van der Waals surface area contributed by atoms with Crippen LogP contribution in [0.3, 0.4) is 0 Å². The molecule has 2 rings (SSSR count). The molecule has 0 unspecified atom stereocenters. The molecule has 5 heteroatoms. The van der Waals surface area contributed by atoms with Crippen molar-refractivity contribution in [1.82, 2.24) is 4.90 Å². The summed E-state index contributed by atoms with van der Waals surface area (Å²) in [7, 11) is 0. The minimum Gasteiger partial charge on any atom is -0.466 e. The Bertz CT molecular complexity index is 676. The molecule has 0 aromatic heterocycles. The SMILES string of the molecule is CCOC(=O)CCCCCCN1C(=O)CC(=Cc2ccc(C)cc2)C1=O. The zero-order valence-corrected chi connectivity index (χ0v) is 15.6. The van der Waals surface area contributed by atoms with Crippen molar-refractivity contribution < 1.29 is 19.1 Å². The molecule has 0 aliphatic carbocycles. The van der Waals surface area contributed by atoms with E-state index in [1.807, 2.05) is 31.2 Å². The van der Waals surface area contributed by atoms with E-state index < -0.39 is 0 Å². The number of benzene rings is 1. The van der Waals surface area contributed by atoms with Gasteiger partial charge in [-0.2, -0.15) is 0 Å². The first-order chi connectivity index (χ1) is 12.5. The second-order valence-corrected chi connectivity index (χ2v) is 6.58. The fourth-order valence-electron chi connectivity index (χ4n) is 2.95. The molecule has 1 saturated heterocycles. The number of hydrogen-bond acceptors (Lipinski definition) is 4. The van der Waals surface area contributed by atoms with Gasteiger partial charge < -0.3 is 4.74 Å². The van der Waals surface area contributed by atoms with Crippen LogP contribution in [0.15, 0.2) is 29.8 Å². The molecule has 0 N–H and O–H groups in total. The molecular weight excluding hydrogens is 330 g/mol. The van der Waals surface area contributed by atoms with Gasteiger partial charge in [-0.15, -0.1) is 0 Å². The lowest BCUT2D eigenvalue weighted by Gasteiger charge is -2.13. The van der Waals surface area contributed by atoms with E-state index in [2.05, 4.69) is 0 Å². The molecule has 0 spiro atoms. The third-order valence-electron chi connectivity index (χ3n) is 4.40. The van der Waals surface area contributed by atoms with Crippen LogP contribution < -0.4 is 0 Å². The second kappa shape index (κ2) is 9.90. The van der Waals surface area contributed by atoms with Gasteiger partial charge >= 0.3 is 5.97 Å². The molecule has 0 bridgehead atoms. The van der Waals surface area contributed by atoms with E-state index >= 15 is 0 Å². The third-order valence-corrected chi connectivity index (χ3v) is 4.40. The molecule has 2 amide bonds. The summed E-state index contributed by atoms with van der Waals surface area (Å²) >= 11 is 0. The van der Waals surface area contributed by atoms with E-state index in [0.717, 1.165) is 36.8 Å². The van der Waals surface area contributed by atoms with Gasteiger partial charge in [-0.3, -0.25) is 19.3 Å². The van der Waals surface area contributed by atoms with Crippen molar-refractivity contribution in [3.63, 3.8) is 0 Å². The Labute approximate surface area is 155 Å². The highest BCUT2D eigenvalue weighted by Crippen LogP contribution is 2.22. The van der Waals surface area contributed by atoms with E-state index in [4.69, 9.17) is 4.74 Å². The largest absolute Gasteiger partial charge is 0.466 e. The molecule has 140 valence electrons. The number of unbranched alkanes of at least 4 members (excludes halogenated alkanes) is 3. The summed E-state index contributed by atoms with van der Waals surface area (Å²) in [4.78, 5) is 37.2. The summed E-state index contributed by atoms with van der Waals surface area (Å²) in [5.74, 6) is -0.467. The van der Waals surface area contributed by atoms with Crippen molar-refractivity contribution in [2.45, 2.75) is 52.4 Å². The molecule has 1 aromatic rings. The Balaban J connectivity index is 1.76. The fourth-order valence-corrected chi connectivity index (χ4v) is 2.95. The van der Waals surface area contributed by atoms with Gasteiger partial charge in [-0.25, -0.2) is 0 Å². The number of hydrogen-bond donors (Lipinski definition) is 0. The van der Waals surface area contributed by atoms with Crippen LogP contribution in [0.2, 0.25) is 0 Å². The molecule has 1 heterocycles. The number of imide groups is 1. The van der Waals surface area contributed by atoms with Gasteiger partial charge in [0.1, 0.15) is 0 Å². The number of rotatable bonds is 9. The summed E-state index contributed by atoms with van der Waals surface area (Å²) in [6, 6.07) is 7.88. The first-order valence-corrected chi connectivity index (χ1v) is 9.29. The number of nitrogens with zero attached hydrogens (tertiary/aromatic N) is 1. The fraction of sp³-hybridized carbons (Fsp3) is 0.476. The maximum atomic E-state index is 12.4. The maximum Gasteiger partial charge on any atom is 0.305 e. The van der Waals surface area contributed by atoms with Gasteiger partial charge in [0, 0.05) is 18.5 Å². The summed E-state index contributed by atoms with van der Waals surface area (Å²) in [5.41, 5.74) is 2.65. The van der Waals surface area contributed by atoms with Gasteiger partial charge in [-0.1, -0.05) is 42.7 Å². The van der Waals surface area contributed by atoms with Gasteiger partial charge in [0.2, 0.25) is 5.91 Å². The molecular formula is C21H27NO4. The number of aryl methyl sites for hydroxylation is 1. The molecule has 0 saturated carbocycles. The van der Waals surface area contributed by atoms with Crippen LogP contribution >= 0.6 is 0 Å². The normalized spacial score (nSPS) is 15.8. The Morgan fingerprint density at radius 2 is 1.81 bits per heavy atom. The van der Waals surface area contributed by atoms with Crippen LogP contribution in [-0.2, 0) is 19.1 Å². The first kappa shape index (κ1) is 19.9. The lowest BCUT2D eigenvalue weighted by Crippen LogP contribution is -2.30. The van der Waals surface area contributed by atoms with E-state index in [1.54, 1.807) is 13.0 Å². The van der Waals surface area contributed by atoms with E-state index in [9.17, 15) is 14.4 Å². The van der Waals surface area contributed by atoms with E-state index in [0.29, 0.717) is 25.1 Å². The topological polar surface area (TPSA) is 63.7 Å². The zero-order chi connectivity index (χ0) is 18.9. The highest BCUT2D eigenvalue weighted by Gasteiger charge is 2.32. The van der Waals surface area contributed by atoms with E-state index in [-0.39, 0.29) is 24.2 Å². The summed E-state index contributed by atoms with van der Waals surface area (Å²) in [5, 5.41) is 0. The Morgan fingerprint density at radius 1 is 1.12 bits per heavy atom. The average molecular weight is 357 g/mol. The molecule has 5 nitrogen and oxygen atoms in total. The molecule has 26 heavy (non-hydrogen) atoms. The van der Waals surface area contributed by atoms with Crippen LogP contribution in [0.5, 0.6) is 0 Å². The van der Waals surface area contributed by atoms with E-state index in [1.165, 1.54) is 4.90 Å². The molecule has 0 atom stereocenters. The van der Waals surface area contributed by atoms with Crippen molar-refractivity contribution >= 4 is 23.9 Å². The number of carbonyl (C=O) groups is 3. The van der Waals surface area contributed by atoms with Crippen molar-refractivity contribution in [3.05, 3.63) is 41.0 Å². The average Bonchev–Trinajstić information content (AvgIpc) is 2.87. The molecule has 0 radical (unpaired) electrons. The van der Waals surface area contributed by atoms with Crippen LogP contribution in [0.25, 0.3) is 6.08 Å². The predicted octanol–water partition coefficient (Wildman–Crippen LogP) is 3.65. The number of likely N-dealkylation sites (tertiary alicyclic amines) is 1. The van der Waals surface area contributed by atoms with Crippen LogP contribution in [0.4, 0.5) is 0 Å². The van der Waals surface area contributed by atoms with Crippen LogP contribution in [0, 0.1) is 6.92 Å². The second-order valence-electron chi connectivity index (χ2n) is 6.58. The minimum atomic E-state index is -0.179. The van der Waals surface area contributed by atoms with Crippen molar-refractivity contribution in [3.8, 4) is 0 Å². The van der Waals surface area contributed by atoms with Crippen molar-refractivity contribution in [2.75, 3.05) is 13.2 Å². The van der Waals surface area contributed by atoms with Gasteiger partial charge in [0.05, 0.1) is 13.0 Å². The lowest BCUT2D eigenvalue weighted by molar-refractivity contribution is -0.143. The molecule has 1 aliphatic heterocycles. The Morgan fingerprint density at radius 3 is 2.50 bits per heavy atom. The van der Waals surface area contributed by atoms with Gasteiger partial charge in [0.25, 0.3) is 5.91 Å². The Kier molecular flexibility index (Phi) is 7.57. The zero-order valence-electron chi connectivity index (χ0n) is 15.6. The monoisotopic (exact) mass is 357 g/mol. The highest BCUT2D eigenvalue weighted by molar-refractivity contribution is 6.15. The standard InChI is InChI=1S/C21H27NO4/c1-3-26-20(24)8-6-4-5-7-13-22-19(23)15-18(21(22)25)14-17-11-9-16(2)10-12-17/h9-12,14H,3-8,13,15H2,1-2H3. The molecule has 1 aromatic carbocycles. The number of ether oxygens (including phenoxy) is 1. The predicted molar refractivity (Wildman–Crippen MR) is 100 cm³/mol. The highest BCUT2D eigenvalue weighted by atomic mass is 16.5. The first-order valence-electron chi connectivity index (χ1n) is 9.29. The van der Waals surface area contributed by atoms with Crippen molar-refractivity contribution in [1.29, 1.82) is 0 Å². The quantitative estimate of drug-likeness (QED) is 0.293. The minimum absolute atomic E-state index is 0.125. The van der Waals surface area contributed by atoms with Crippen LogP contribution in [0.1, 0.15) is 56.6 Å².